The molecule has 0 unspecified atom stereocenters. The van der Waals surface area contributed by atoms with Crippen LogP contribution in [0.15, 0.2) is 18.2 Å². The van der Waals surface area contributed by atoms with E-state index in [1.807, 2.05) is 30.0 Å². The van der Waals surface area contributed by atoms with E-state index in [9.17, 15) is 9.59 Å². The zero-order chi connectivity index (χ0) is 15.9. The first-order valence-electron chi connectivity index (χ1n) is 7.58. The van der Waals surface area contributed by atoms with Gasteiger partial charge in [0.1, 0.15) is 0 Å². The van der Waals surface area contributed by atoms with Gasteiger partial charge < -0.3 is 16.0 Å². The lowest BCUT2D eigenvalue weighted by Gasteiger charge is -2.52. The summed E-state index contributed by atoms with van der Waals surface area (Å²) < 4.78 is 0. The molecule has 1 heterocycles. The topological polar surface area (TPSA) is 75.4 Å². The van der Waals surface area contributed by atoms with Crippen LogP contribution in [0.2, 0.25) is 5.02 Å². The zero-order valence-corrected chi connectivity index (χ0v) is 13.3. The summed E-state index contributed by atoms with van der Waals surface area (Å²) in [6, 6.07) is 5.77. The maximum Gasteiger partial charge on any atom is 0.233 e. The number of nitrogens with zero attached hydrogens (tertiary/aromatic N) is 1. The third kappa shape index (κ3) is 2.29. The molecule has 0 bridgehead atoms. The SMILES string of the molecule is CCN1Cc2ccc(Cl)cc2C2(CC(NC(=O)CN)C2)C1=O. The first-order valence-corrected chi connectivity index (χ1v) is 7.95. The highest BCUT2D eigenvalue weighted by Crippen LogP contribution is 2.49. The Balaban J connectivity index is 1.92. The second-order valence-corrected chi connectivity index (χ2v) is 6.52. The lowest BCUT2D eigenvalue weighted by Crippen LogP contribution is -2.63. The van der Waals surface area contributed by atoms with Crippen molar-refractivity contribution in [1.29, 1.82) is 0 Å². The molecule has 5 nitrogen and oxygen atoms in total. The van der Waals surface area contributed by atoms with Gasteiger partial charge in [0.2, 0.25) is 11.8 Å². The van der Waals surface area contributed by atoms with Crippen LogP contribution in [0, 0.1) is 0 Å². The molecule has 0 radical (unpaired) electrons. The number of amides is 2. The van der Waals surface area contributed by atoms with Crippen molar-refractivity contribution in [2.24, 2.45) is 5.73 Å². The predicted octanol–water partition coefficient (Wildman–Crippen LogP) is 1.18. The Morgan fingerprint density at radius 2 is 2.23 bits per heavy atom. The highest BCUT2D eigenvalue weighted by Gasteiger charge is 2.55. The minimum absolute atomic E-state index is 0.00337. The van der Waals surface area contributed by atoms with Crippen molar-refractivity contribution >= 4 is 23.4 Å². The standard InChI is InChI=1S/C16H20ClN3O2/c1-2-20-9-10-3-4-11(17)5-13(10)16(15(20)22)6-12(7-16)19-14(21)8-18/h3-5,12H,2,6-9,18H2,1H3,(H,19,21). The van der Waals surface area contributed by atoms with Crippen LogP contribution < -0.4 is 11.1 Å². The number of benzene rings is 1. The first-order chi connectivity index (χ1) is 10.5. The number of nitrogens with one attached hydrogen (secondary N) is 1. The molecule has 1 aliphatic heterocycles. The maximum atomic E-state index is 12.9. The van der Waals surface area contributed by atoms with Crippen molar-refractivity contribution in [2.45, 2.75) is 37.8 Å². The molecule has 1 aliphatic carbocycles. The molecule has 0 saturated heterocycles. The largest absolute Gasteiger partial charge is 0.352 e. The molecule has 1 aromatic carbocycles. The van der Waals surface area contributed by atoms with E-state index < -0.39 is 5.41 Å². The van der Waals surface area contributed by atoms with Gasteiger partial charge in [-0.1, -0.05) is 17.7 Å². The molecule has 2 aliphatic rings. The quantitative estimate of drug-likeness (QED) is 0.877. The van der Waals surface area contributed by atoms with Gasteiger partial charge in [-0.2, -0.15) is 0 Å². The van der Waals surface area contributed by atoms with E-state index in [2.05, 4.69) is 5.32 Å². The van der Waals surface area contributed by atoms with Gasteiger partial charge in [0.05, 0.1) is 12.0 Å². The van der Waals surface area contributed by atoms with Crippen LogP contribution in [-0.2, 0) is 21.5 Å². The Morgan fingerprint density at radius 3 is 2.86 bits per heavy atom. The Morgan fingerprint density at radius 1 is 1.50 bits per heavy atom. The minimum atomic E-state index is -0.541. The van der Waals surface area contributed by atoms with Crippen molar-refractivity contribution in [3.63, 3.8) is 0 Å². The normalized spacial score (nSPS) is 26.6. The summed E-state index contributed by atoms with van der Waals surface area (Å²) in [6.45, 7) is 3.27. The Hall–Kier alpha value is -1.59. The predicted molar refractivity (Wildman–Crippen MR) is 84.4 cm³/mol. The highest BCUT2D eigenvalue weighted by atomic mass is 35.5. The number of nitrogens with two attached hydrogens (primary N) is 1. The highest BCUT2D eigenvalue weighted by molar-refractivity contribution is 6.30. The van der Waals surface area contributed by atoms with E-state index >= 15 is 0 Å². The van der Waals surface area contributed by atoms with E-state index in [-0.39, 0.29) is 24.4 Å². The fourth-order valence-corrected chi connectivity index (χ4v) is 3.82. The molecule has 2 amide bonds. The van der Waals surface area contributed by atoms with Gasteiger partial charge in [0.25, 0.3) is 0 Å². The monoisotopic (exact) mass is 321 g/mol. The molecule has 0 aromatic heterocycles. The molecule has 3 rings (SSSR count). The second kappa shape index (κ2) is 5.56. The summed E-state index contributed by atoms with van der Waals surface area (Å²) in [5, 5.41) is 3.51. The lowest BCUT2D eigenvalue weighted by molar-refractivity contribution is -0.145. The molecule has 0 atom stereocenters. The van der Waals surface area contributed by atoms with Gasteiger partial charge in [-0.3, -0.25) is 9.59 Å². The van der Waals surface area contributed by atoms with Crippen molar-refractivity contribution < 1.29 is 9.59 Å². The number of fused-ring (bicyclic) bond motifs is 2. The van der Waals surface area contributed by atoms with Crippen LogP contribution in [0.5, 0.6) is 0 Å². The van der Waals surface area contributed by atoms with Crippen LogP contribution in [0.25, 0.3) is 0 Å². The Labute approximate surface area is 134 Å². The summed E-state index contributed by atoms with van der Waals surface area (Å²) in [5.41, 5.74) is 6.96. The van der Waals surface area contributed by atoms with Gasteiger partial charge in [0.15, 0.2) is 0 Å². The molecule has 6 heteroatoms. The van der Waals surface area contributed by atoms with Gasteiger partial charge in [-0.15, -0.1) is 0 Å². The number of carbonyl (C=O) groups excluding carboxylic acids is 2. The van der Waals surface area contributed by atoms with Gasteiger partial charge in [0, 0.05) is 24.2 Å². The lowest BCUT2D eigenvalue weighted by atomic mass is 9.58. The fourth-order valence-electron chi connectivity index (χ4n) is 3.65. The van der Waals surface area contributed by atoms with Crippen LogP contribution in [0.3, 0.4) is 0 Å². The summed E-state index contributed by atoms with van der Waals surface area (Å²) >= 11 is 6.13. The van der Waals surface area contributed by atoms with E-state index in [0.29, 0.717) is 31.0 Å². The van der Waals surface area contributed by atoms with E-state index in [4.69, 9.17) is 17.3 Å². The number of carbonyl (C=O) groups is 2. The summed E-state index contributed by atoms with van der Waals surface area (Å²) in [6.07, 6.45) is 1.23. The second-order valence-electron chi connectivity index (χ2n) is 6.08. The van der Waals surface area contributed by atoms with Crippen LogP contribution in [-0.4, -0.2) is 35.8 Å². The smallest absolute Gasteiger partial charge is 0.233 e. The third-order valence-electron chi connectivity index (χ3n) is 4.77. The van der Waals surface area contributed by atoms with E-state index in [0.717, 1.165) is 11.1 Å². The summed E-state index contributed by atoms with van der Waals surface area (Å²) in [5.74, 6) is -0.0372. The first kappa shape index (κ1) is 15.3. The molecular formula is C16H20ClN3O2. The Bertz CT molecular complexity index is 626. The van der Waals surface area contributed by atoms with Crippen LogP contribution in [0.1, 0.15) is 30.9 Å². The summed E-state index contributed by atoms with van der Waals surface area (Å²) in [4.78, 5) is 26.2. The summed E-state index contributed by atoms with van der Waals surface area (Å²) in [7, 11) is 0. The minimum Gasteiger partial charge on any atom is -0.352 e. The van der Waals surface area contributed by atoms with E-state index in [1.165, 1.54) is 0 Å². The van der Waals surface area contributed by atoms with Crippen LogP contribution >= 0.6 is 11.6 Å². The van der Waals surface area contributed by atoms with Crippen molar-refractivity contribution in [1.82, 2.24) is 10.2 Å². The molecule has 1 spiro atoms. The third-order valence-corrected chi connectivity index (χ3v) is 5.00. The number of halogens is 1. The van der Waals surface area contributed by atoms with Crippen LogP contribution in [0.4, 0.5) is 0 Å². The van der Waals surface area contributed by atoms with Crippen molar-refractivity contribution in [2.75, 3.05) is 13.1 Å². The molecule has 3 N–H and O–H groups in total. The number of rotatable bonds is 3. The number of likely N-dealkylation sites (N-methyl/N-ethyl adjacent to an activating group) is 1. The van der Waals surface area contributed by atoms with Crippen molar-refractivity contribution in [3.05, 3.63) is 34.3 Å². The van der Waals surface area contributed by atoms with Gasteiger partial charge in [-0.05, 0) is 43.0 Å². The molecule has 22 heavy (non-hydrogen) atoms. The zero-order valence-electron chi connectivity index (χ0n) is 12.6. The molecule has 118 valence electrons. The Kier molecular flexibility index (Phi) is 3.87. The molecule has 1 aromatic rings. The molecule has 1 saturated carbocycles. The number of hydrogen-bond donors (Lipinski definition) is 2. The van der Waals surface area contributed by atoms with Gasteiger partial charge in [-0.25, -0.2) is 0 Å². The average Bonchev–Trinajstić information content (AvgIpc) is 2.47. The maximum absolute atomic E-state index is 12.9. The molecular weight excluding hydrogens is 302 g/mol. The molecule has 1 fully saturated rings. The van der Waals surface area contributed by atoms with E-state index in [1.54, 1.807) is 0 Å². The average molecular weight is 322 g/mol. The fraction of sp³-hybridized carbons (Fsp3) is 0.500. The van der Waals surface area contributed by atoms with Crippen molar-refractivity contribution in [3.8, 4) is 0 Å². The van der Waals surface area contributed by atoms with Gasteiger partial charge >= 0.3 is 0 Å². The number of hydrogen-bond acceptors (Lipinski definition) is 3.